The number of hydrogen-bond acceptors (Lipinski definition) is 3. The Morgan fingerprint density at radius 3 is 2.69 bits per heavy atom. The molecule has 1 aliphatic heterocycles. The zero-order valence-electron chi connectivity index (χ0n) is 9.18. The molecule has 16 heavy (non-hydrogen) atoms. The number of nitrogens with one attached hydrogen (secondary N) is 1. The summed E-state index contributed by atoms with van der Waals surface area (Å²) in [7, 11) is 0. The maximum Gasteiger partial charge on any atom is 0.231 e. The topological polar surface area (TPSA) is 30.5 Å². The summed E-state index contributed by atoms with van der Waals surface area (Å²) >= 11 is 3.56. The van der Waals surface area contributed by atoms with Crippen molar-refractivity contribution in [1.82, 2.24) is 5.32 Å². The van der Waals surface area contributed by atoms with Gasteiger partial charge in [0.2, 0.25) is 6.79 Å². The van der Waals surface area contributed by atoms with Crippen LogP contribution in [0.1, 0.15) is 25.3 Å². The third-order valence-electron chi connectivity index (χ3n) is 3.25. The molecule has 0 saturated heterocycles. The van der Waals surface area contributed by atoms with Gasteiger partial charge in [-0.1, -0.05) is 15.9 Å². The summed E-state index contributed by atoms with van der Waals surface area (Å²) in [5, 5.41) is 3.55. The Balaban J connectivity index is 1.78. The normalized spacial score (nSPS) is 19.9. The predicted octanol–water partition coefficient (Wildman–Crippen LogP) is 2.82. The van der Waals surface area contributed by atoms with E-state index in [0.717, 1.165) is 22.5 Å². The van der Waals surface area contributed by atoms with Crippen molar-refractivity contribution in [2.24, 2.45) is 0 Å². The van der Waals surface area contributed by atoms with E-state index in [-0.39, 0.29) is 0 Å². The molecule has 4 heteroatoms. The third-order valence-corrected chi connectivity index (χ3v) is 3.99. The van der Waals surface area contributed by atoms with E-state index in [4.69, 9.17) is 9.47 Å². The summed E-state index contributed by atoms with van der Waals surface area (Å²) in [5.41, 5.74) is 1.58. The molecule has 1 fully saturated rings. The molecular formula is C12H14BrNO2. The van der Waals surface area contributed by atoms with Gasteiger partial charge in [0.15, 0.2) is 11.5 Å². The first-order chi connectivity index (χ1) is 7.66. The molecule has 1 N–H and O–H groups in total. The number of fused-ring (bicyclic) bond motifs is 1. The lowest BCUT2D eigenvalue weighted by atomic mass is 10.2. The summed E-state index contributed by atoms with van der Waals surface area (Å²) in [6, 6.07) is 4.03. The largest absolute Gasteiger partial charge is 0.454 e. The van der Waals surface area contributed by atoms with Crippen LogP contribution in [0.15, 0.2) is 16.6 Å². The highest BCUT2D eigenvalue weighted by atomic mass is 79.9. The molecule has 1 saturated carbocycles. The fourth-order valence-corrected chi connectivity index (χ4v) is 2.23. The second-order valence-electron chi connectivity index (χ2n) is 4.71. The van der Waals surface area contributed by atoms with E-state index in [1.165, 1.54) is 18.4 Å². The summed E-state index contributed by atoms with van der Waals surface area (Å²) in [6.45, 7) is 3.46. The molecule has 1 aromatic rings. The van der Waals surface area contributed by atoms with E-state index < -0.39 is 0 Å². The van der Waals surface area contributed by atoms with Crippen molar-refractivity contribution in [3.05, 3.63) is 22.2 Å². The number of benzene rings is 1. The monoisotopic (exact) mass is 283 g/mol. The van der Waals surface area contributed by atoms with Crippen LogP contribution in [0.5, 0.6) is 11.5 Å². The minimum absolute atomic E-state index is 0.330. The van der Waals surface area contributed by atoms with Gasteiger partial charge in [-0.2, -0.15) is 0 Å². The van der Waals surface area contributed by atoms with Gasteiger partial charge in [-0.15, -0.1) is 0 Å². The average molecular weight is 284 g/mol. The maximum atomic E-state index is 5.37. The molecule has 0 radical (unpaired) electrons. The molecular weight excluding hydrogens is 270 g/mol. The van der Waals surface area contributed by atoms with Crippen LogP contribution in [0.3, 0.4) is 0 Å². The Kier molecular flexibility index (Phi) is 2.37. The van der Waals surface area contributed by atoms with E-state index >= 15 is 0 Å². The second-order valence-corrected chi connectivity index (χ2v) is 5.57. The summed E-state index contributed by atoms with van der Waals surface area (Å²) in [5.74, 6) is 1.68. The highest BCUT2D eigenvalue weighted by Crippen LogP contribution is 2.38. The summed E-state index contributed by atoms with van der Waals surface area (Å²) in [6.07, 6.45) is 2.55. The van der Waals surface area contributed by atoms with Gasteiger partial charge in [-0.05, 0) is 37.5 Å². The number of hydrogen-bond donors (Lipinski definition) is 1. The first-order valence-corrected chi connectivity index (χ1v) is 6.29. The molecule has 0 bridgehead atoms. The van der Waals surface area contributed by atoms with Gasteiger partial charge in [0.05, 0.1) is 0 Å². The van der Waals surface area contributed by atoms with E-state index in [9.17, 15) is 0 Å². The van der Waals surface area contributed by atoms with Crippen molar-refractivity contribution in [1.29, 1.82) is 0 Å². The molecule has 86 valence electrons. The Hall–Kier alpha value is -0.740. The van der Waals surface area contributed by atoms with Crippen LogP contribution >= 0.6 is 15.9 Å². The molecule has 0 atom stereocenters. The van der Waals surface area contributed by atoms with Gasteiger partial charge in [-0.25, -0.2) is 0 Å². The molecule has 0 amide bonds. The van der Waals surface area contributed by atoms with E-state index in [2.05, 4.69) is 28.2 Å². The van der Waals surface area contributed by atoms with Crippen molar-refractivity contribution >= 4 is 15.9 Å². The molecule has 1 heterocycles. The maximum absolute atomic E-state index is 5.37. The van der Waals surface area contributed by atoms with Gasteiger partial charge in [0.25, 0.3) is 0 Å². The highest BCUT2D eigenvalue weighted by molar-refractivity contribution is 9.10. The number of rotatable bonds is 3. The van der Waals surface area contributed by atoms with Crippen LogP contribution in [-0.4, -0.2) is 12.3 Å². The SMILES string of the molecule is CC1(NCc2cc3c(cc2Br)OCO3)CC1. The predicted molar refractivity (Wildman–Crippen MR) is 64.7 cm³/mol. The zero-order chi connectivity index (χ0) is 11.2. The van der Waals surface area contributed by atoms with Crippen LogP contribution in [0.4, 0.5) is 0 Å². The minimum Gasteiger partial charge on any atom is -0.454 e. The van der Waals surface area contributed by atoms with Crippen LogP contribution in [0.2, 0.25) is 0 Å². The molecule has 3 nitrogen and oxygen atoms in total. The van der Waals surface area contributed by atoms with E-state index in [1.54, 1.807) is 0 Å². The Morgan fingerprint density at radius 2 is 2.00 bits per heavy atom. The smallest absolute Gasteiger partial charge is 0.231 e. The quantitative estimate of drug-likeness (QED) is 0.925. The van der Waals surface area contributed by atoms with Gasteiger partial charge >= 0.3 is 0 Å². The molecule has 1 aliphatic carbocycles. The zero-order valence-corrected chi connectivity index (χ0v) is 10.8. The fraction of sp³-hybridized carbons (Fsp3) is 0.500. The minimum atomic E-state index is 0.330. The van der Waals surface area contributed by atoms with Crippen LogP contribution < -0.4 is 14.8 Å². The average Bonchev–Trinajstić information content (AvgIpc) is 2.82. The van der Waals surface area contributed by atoms with Gasteiger partial charge in [0, 0.05) is 16.6 Å². The van der Waals surface area contributed by atoms with Crippen LogP contribution in [0, 0.1) is 0 Å². The summed E-state index contributed by atoms with van der Waals surface area (Å²) < 4.78 is 11.8. The first-order valence-electron chi connectivity index (χ1n) is 5.49. The molecule has 2 aliphatic rings. The van der Waals surface area contributed by atoms with E-state index in [1.807, 2.05) is 12.1 Å². The number of halogens is 1. The molecule has 0 unspecified atom stereocenters. The molecule has 1 aromatic carbocycles. The highest BCUT2D eigenvalue weighted by Gasteiger charge is 2.36. The standard InChI is InChI=1S/C12H14BrNO2/c1-12(2-3-12)14-6-8-4-10-11(5-9(8)13)16-7-15-10/h4-5,14H,2-3,6-7H2,1H3. The molecule has 3 rings (SSSR count). The lowest BCUT2D eigenvalue weighted by Gasteiger charge is -2.12. The van der Waals surface area contributed by atoms with Gasteiger partial charge in [-0.3, -0.25) is 0 Å². The number of ether oxygens (including phenoxy) is 2. The van der Waals surface area contributed by atoms with Crippen molar-refractivity contribution in [3.8, 4) is 11.5 Å². The van der Waals surface area contributed by atoms with Crippen molar-refractivity contribution in [2.45, 2.75) is 31.8 Å². The lowest BCUT2D eigenvalue weighted by Crippen LogP contribution is -2.27. The second kappa shape index (κ2) is 3.64. The molecule has 0 aromatic heterocycles. The van der Waals surface area contributed by atoms with E-state index in [0.29, 0.717) is 12.3 Å². The summed E-state index contributed by atoms with van der Waals surface area (Å²) in [4.78, 5) is 0. The Labute approximate surface area is 103 Å². The van der Waals surface area contributed by atoms with Crippen molar-refractivity contribution in [2.75, 3.05) is 6.79 Å². The van der Waals surface area contributed by atoms with Gasteiger partial charge in [0.1, 0.15) is 0 Å². The van der Waals surface area contributed by atoms with Crippen LogP contribution in [-0.2, 0) is 6.54 Å². The third kappa shape index (κ3) is 1.92. The van der Waals surface area contributed by atoms with Crippen LogP contribution in [0.25, 0.3) is 0 Å². The van der Waals surface area contributed by atoms with Crippen molar-refractivity contribution in [3.63, 3.8) is 0 Å². The van der Waals surface area contributed by atoms with Crippen molar-refractivity contribution < 1.29 is 9.47 Å². The van der Waals surface area contributed by atoms with Gasteiger partial charge < -0.3 is 14.8 Å². The fourth-order valence-electron chi connectivity index (χ4n) is 1.77. The Bertz CT molecular complexity index is 429. The first kappa shape index (κ1) is 10.4. The Morgan fingerprint density at radius 1 is 1.31 bits per heavy atom. The lowest BCUT2D eigenvalue weighted by molar-refractivity contribution is 0.174. The molecule has 0 spiro atoms.